The number of hydrogen-bond donors (Lipinski definition) is 2. The maximum absolute atomic E-state index is 13.2. The molecule has 0 radical (unpaired) electrons. The number of rotatable bonds is 8. The Labute approximate surface area is 222 Å². The van der Waals surface area contributed by atoms with Gasteiger partial charge in [0, 0.05) is 23.6 Å². The van der Waals surface area contributed by atoms with Gasteiger partial charge in [-0.3, -0.25) is 14.6 Å². The van der Waals surface area contributed by atoms with Gasteiger partial charge in [0.1, 0.15) is 11.5 Å². The summed E-state index contributed by atoms with van der Waals surface area (Å²) in [5, 5.41) is 9.50. The molecule has 0 aliphatic carbocycles. The van der Waals surface area contributed by atoms with Crippen molar-refractivity contribution in [3.63, 3.8) is 0 Å². The monoisotopic (exact) mass is 527 g/mol. The number of ether oxygens (including phenoxy) is 2. The first-order valence-electron chi connectivity index (χ1n) is 11.8. The average molecular weight is 528 g/mol. The van der Waals surface area contributed by atoms with Crippen LogP contribution >= 0.6 is 11.3 Å². The van der Waals surface area contributed by atoms with E-state index in [1.165, 1.54) is 30.2 Å². The van der Waals surface area contributed by atoms with Crippen LogP contribution in [0.5, 0.6) is 11.5 Å². The molecular weight excluding hydrogens is 502 g/mol. The van der Waals surface area contributed by atoms with Crippen molar-refractivity contribution in [1.29, 1.82) is 0 Å². The lowest BCUT2D eigenvalue weighted by Gasteiger charge is -2.12. The van der Waals surface area contributed by atoms with Crippen LogP contribution in [-0.4, -0.2) is 39.9 Å². The number of nitrogens with zero attached hydrogens (tertiary/aromatic N) is 3. The van der Waals surface area contributed by atoms with E-state index < -0.39 is 0 Å². The predicted molar refractivity (Wildman–Crippen MR) is 147 cm³/mol. The molecule has 0 saturated carbocycles. The first kappa shape index (κ1) is 25.0. The van der Waals surface area contributed by atoms with E-state index >= 15 is 0 Å². The van der Waals surface area contributed by atoms with Gasteiger partial charge < -0.3 is 14.8 Å². The Hall–Kier alpha value is -4.70. The fraction of sp³-hybridized carbons (Fsp3) is 0.143. The zero-order valence-electron chi connectivity index (χ0n) is 21.0. The van der Waals surface area contributed by atoms with Crippen molar-refractivity contribution in [3.05, 3.63) is 105 Å². The number of amides is 1. The maximum Gasteiger partial charge on any atom is 0.256 e. The van der Waals surface area contributed by atoms with Gasteiger partial charge in [0.2, 0.25) is 5.95 Å². The zero-order valence-corrected chi connectivity index (χ0v) is 21.8. The zero-order chi connectivity index (χ0) is 26.6. The lowest BCUT2D eigenvalue weighted by Crippen LogP contribution is -2.22. The van der Waals surface area contributed by atoms with Crippen molar-refractivity contribution in [2.45, 2.75) is 13.3 Å². The largest absolute Gasteiger partial charge is 0.493 e. The predicted octanol–water partition coefficient (Wildman–Crippen LogP) is 4.85. The molecule has 0 saturated heterocycles. The molecule has 2 N–H and O–H groups in total. The molecule has 0 aliphatic rings. The molecule has 2 aromatic carbocycles. The van der Waals surface area contributed by atoms with Gasteiger partial charge in [-0.1, -0.05) is 36.4 Å². The standard InChI is InChI=1S/C28H25N5O4S/c1-17-20(14-18-8-5-4-6-9-18)27(35)31-28(29-17)33-25(16-21(32-33)24-10-7-13-38-24)30-26(34)19-11-12-22(36-2)23(15-19)37-3/h4-13,15-16H,14H2,1-3H3,(H,30,34)(H,29,31,35). The van der Waals surface area contributed by atoms with Gasteiger partial charge in [0.15, 0.2) is 11.5 Å². The summed E-state index contributed by atoms with van der Waals surface area (Å²) in [6.07, 6.45) is 0.456. The Morgan fingerprint density at radius 3 is 2.50 bits per heavy atom. The number of methoxy groups -OCH3 is 2. The Kier molecular flexibility index (Phi) is 7.05. The number of aryl methyl sites for hydroxylation is 1. The number of hydrogen-bond acceptors (Lipinski definition) is 7. The Morgan fingerprint density at radius 2 is 1.82 bits per heavy atom. The molecule has 192 valence electrons. The van der Waals surface area contributed by atoms with E-state index in [1.54, 1.807) is 31.2 Å². The fourth-order valence-corrected chi connectivity index (χ4v) is 4.73. The van der Waals surface area contributed by atoms with E-state index in [4.69, 9.17) is 9.47 Å². The molecule has 1 amide bonds. The van der Waals surface area contributed by atoms with Crippen molar-refractivity contribution in [3.8, 4) is 28.0 Å². The van der Waals surface area contributed by atoms with Gasteiger partial charge in [-0.15, -0.1) is 11.3 Å². The summed E-state index contributed by atoms with van der Waals surface area (Å²) in [5.41, 5.74) is 2.90. The minimum Gasteiger partial charge on any atom is -0.493 e. The third kappa shape index (κ3) is 5.07. The number of benzene rings is 2. The molecule has 3 heterocycles. The SMILES string of the molecule is COc1ccc(C(=O)Nc2cc(-c3cccs3)nn2-c2nc(C)c(Cc3ccccc3)c(=O)[nH]2)cc1OC. The van der Waals surface area contributed by atoms with E-state index in [1.807, 2.05) is 47.8 Å². The second-order valence-electron chi connectivity index (χ2n) is 8.44. The first-order chi connectivity index (χ1) is 18.5. The smallest absolute Gasteiger partial charge is 0.256 e. The van der Waals surface area contributed by atoms with Crippen LogP contribution in [0.1, 0.15) is 27.2 Å². The minimum atomic E-state index is -0.385. The van der Waals surface area contributed by atoms with Crippen LogP contribution in [0.25, 0.3) is 16.5 Å². The summed E-state index contributed by atoms with van der Waals surface area (Å²) < 4.78 is 12.0. The maximum atomic E-state index is 13.2. The number of aromatic nitrogens is 4. The van der Waals surface area contributed by atoms with Crippen molar-refractivity contribution in [2.24, 2.45) is 0 Å². The van der Waals surface area contributed by atoms with Crippen LogP contribution in [0.4, 0.5) is 5.82 Å². The van der Waals surface area contributed by atoms with Crippen LogP contribution in [0.15, 0.2) is 76.9 Å². The molecule has 0 unspecified atom stereocenters. The average Bonchev–Trinajstić information content (AvgIpc) is 3.61. The van der Waals surface area contributed by atoms with Gasteiger partial charge in [0.05, 0.1) is 24.8 Å². The lowest BCUT2D eigenvalue weighted by molar-refractivity contribution is 0.102. The van der Waals surface area contributed by atoms with Gasteiger partial charge >= 0.3 is 0 Å². The third-order valence-corrected chi connectivity index (χ3v) is 6.90. The summed E-state index contributed by atoms with van der Waals surface area (Å²) in [7, 11) is 3.04. The Morgan fingerprint density at radius 1 is 1.03 bits per heavy atom. The molecule has 5 rings (SSSR count). The van der Waals surface area contributed by atoms with Crippen molar-refractivity contribution < 1.29 is 14.3 Å². The van der Waals surface area contributed by atoms with Crippen LogP contribution in [0.3, 0.4) is 0 Å². The molecule has 0 bridgehead atoms. The summed E-state index contributed by atoms with van der Waals surface area (Å²) in [4.78, 5) is 34.7. The highest BCUT2D eigenvalue weighted by atomic mass is 32.1. The van der Waals surface area contributed by atoms with E-state index in [0.717, 1.165) is 10.4 Å². The van der Waals surface area contributed by atoms with E-state index in [-0.39, 0.29) is 17.4 Å². The topological polar surface area (TPSA) is 111 Å². The van der Waals surface area contributed by atoms with Gasteiger partial charge in [-0.2, -0.15) is 9.78 Å². The number of anilines is 1. The van der Waals surface area contributed by atoms with E-state index in [2.05, 4.69) is 20.4 Å². The van der Waals surface area contributed by atoms with Crippen LogP contribution in [-0.2, 0) is 6.42 Å². The molecular formula is C28H25N5O4S. The second-order valence-corrected chi connectivity index (χ2v) is 9.39. The van der Waals surface area contributed by atoms with Crippen molar-refractivity contribution in [2.75, 3.05) is 19.5 Å². The molecule has 9 nitrogen and oxygen atoms in total. The van der Waals surface area contributed by atoms with Crippen molar-refractivity contribution in [1.82, 2.24) is 19.7 Å². The first-order valence-corrected chi connectivity index (χ1v) is 12.7. The molecule has 3 aromatic heterocycles. The van der Waals surface area contributed by atoms with Crippen LogP contribution in [0, 0.1) is 6.92 Å². The number of carbonyl (C=O) groups excluding carboxylic acids is 1. The highest BCUT2D eigenvalue weighted by molar-refractivity contribution is 7.13. The van der Waals surface area contributed by atoms with Gasteiger partial charge in [-0.05, 0) is 42.1 Å². The Balaban J connectivity index is 1.52. The highest BCUT2D eigenvalue weighted by Crippen LogP contribution is 2.30. The van der Waals surface area contributed by atoms with E-state index in [0.29, 0.717) is 46.3 Å². The molecule has 0 aliphatic heterocycles. The molecule has 0 spiro atoms. The number of aromatic amines is 1. The normalized spacial score (nSPS) is 10.8. The molecule has 5 aromatic rings. The molecule has 38 heavy (non-hydrogen) atoms. The fourth-order valence-electron chi connectivity index (χ4n) is 4.05. The minimum absolute atomic E-state index is 0.203. The van der Waals surface area contributed by atoms with Gasteiger partial charge in [-0.25, -0.2) is 4.98 Å². The number of nitrogens with one attached hydrogen (secondary N) is 2. The lowest BCUT2D eigenvalue weighted by atomic mass is 10.1. The quantitative estimate of drug-likeness (QED) is 0.298. The summed E-state index contributed by atoms with van der Waals surface area (Å²) >= 11 is 1.52. The summed E-state index contributed by atoms with van der Waals surface area (Å²) in [5.74, 6) is 1.12. The number of carbonyl (C=O) groups is 1. The van der Waals surface area contributed by atoms with Crippen LogP contribution in [0.2, 0.25) is 0 Å². The van der Waals surface area contributed by atoms with Crippen LogP contribution < -0.4 is 20.3 Å². The van der Waals surface area contributed by atoms with E-state index in [9.17, 15) is 9.59 Å². The Bertz CT molecular complexity index is 1640. The highest BCUT2D eigenvalue weighted by Gasteiger charge is 2.19. The molecule has 10 heteroatoms. The third-order valence-electron chi connectivity index (χ3n) is 6.00. The van der Waals surface area contributed by atoms with Gasteiger partial charge in [0.25, 0.3) is 11.5 Å². The second kappa shape index (κ2) is 10.7. The molecule has 0 atom stereocenters. The van der Waals surface area contributed by atoms with Crippen molar-refractivity contribution >= 4 is 23.1 Å². The number of H-pyrrole nitrogens is 1. The number of thiophene rings is 1. The summed E-state index contributed by atoms with van der Waals surface area (Å²) in [6.45, 7) is 1.79. The molecule has 0 fully saturated rings. The summed E-state index contributed by atoms with van der Waals surface area (Å²) in [6, 6.07) is 20.2.